The van der Waals surface area contributed by atoms with Crippen molar-refractivity contribution in [2.45, 2.75) is 12.8 Å². The zero-order chi connectivity index (χ0) is 29.0. The predicted molar refractivity (Wildman–Crippen MR) is 183 cm³/mol. The van der Waals surface area contributed by atoms with E-state index >= 15 is 0 Å². The fraction of sp³-hybridized carbons (Fsp3) is 0.0488. The lowest BCUT2D eigenvalue weighted by atomic mass is 9.98. The van der Waals surface area contributed by atoms with Gasteiger partial charge in [0.05, 0.1) is 16.7 Å². The third kappa shape index (κ3) is 3.94. The van der Waals surface area contributed by atoms with Crippen LogP contribution in [0.1, 0.15) is 18.4 Å². The van der Waals surface area contributed by atoms with Gasteiger partial charge in [-0.1, -0.05) is 109 Å². The van der Waals surface area contributed by atoms with E-state index in [0.717, 1.165) is 74.0 Å². The summed E-state index contributed by atoms with van der Waals surface area (Å²) in [6, 6.07) is 45.1. The van der Waals surface area contributed by atoms with Gasteiger partial charge in [0.1, 0.15) is 17.0 Å². The minimum Gasteiger partial charge on any atom is -0.455 e. The Balaban J connectivity index is 1.29. The first-order valence-electron chi connectivity index (χ1n) is 15.2. The average Bonchev–Trinajstić information content (AvgIpc) is 3.64. The van der Waals surface area contributed by atoms with Crippen LogP contribution in [0.5, 0.6) is 0 Å². The Morgan fingerprint density at radius 1 is 0.568 bits per heavy atom. The largest absolute Gasteiger partial charge is 0.455 e. The van der Waals surface area contributed by atoms with Crippen LogP contribution in [0.3, 0.4) is 0 Å². The summed E-state index contributed by atoms with van der Waals surface area (Å²) >= 11 is 0. The Bertz CT molecular complexity index is 2440. The van der Waals surface area contributed by atoms with E-state index in [9.17, 15) is 0 Å². The molecule has 0 saturated carbocycles. The Labute approximate surface area is 255 Å². The van der Waals surface area contributed by atoms with Gasteiger partial charge in [0.2, 0.25) is 0 Å². The number of benzene rings is 5. The van der Waals surface area contributed by atoms with Crippen LogP contribution in [0.15, 0.2) is 150 Å². The van der Waals surface area contributed by atoms with Gasteiger partial charge in [-0.15, -0.1) is 0 Å². The van der Waals surface area contributed by atoms with Gasteiger partial charge in [-0.2, -0.15) is 0 Å². The molecule has 0 amide bonds. The van der Waals surface area contributed by atoms with Gasteiger partial charge in [0.15, 0.2) is 0 Å². The molecule has 208 valence electrons. The maximum absolute atomic E-state index is 6.41. The Morgan fingerprint density at radius 2 is 1.36 bits per heavy atom. The van der Waals surface area contributed by atoms with E-state index in [1.54, 1.807) is 0 Å². The van der Waals surface area contributed by atoms with E-state index in [0.29, 0.717) is 0 Å². The van der Waals surface area contributed by atoms with Gasteiger partial charge in [-0.3, -0.25) is 4.57 Å². The Hall–Kier alpha value is -5.67. The summed E-state index contributed by atoms with van der Waals surface area (Å²) < 4.78 is 8.73. The second-order valence-electron chi connectivity index (χ2n) is 11.5. The molecule has 0 spiro atoms. The molecule has 8 aromatic rings. The highest BCUT2D eigenvalue weighted by Crippen LogP contribution is 2.39. The molecule has 3 heteroatoms. The molecule has 3 aromatic heterocycles. The molecule has 0 atom stereocenters. The lowest BCUT2D eigenvalue weighted by Crippen LogP contribution is -2.01. The highest BCUT2D eigenvalue weighted by molar-refractivity contribution is 6.13. The molecule has 0 N–H and O–H groups in total. The third-order valence-corrected chi connectivity index (χ3v) is 8.83. The molecule has 0 fully saturated rings. The number of hydrogen-bond donors (Lipinski definition) is 0. The molecule has 0 aliphatic heterocycles. The first-order chi connectivity index (χ1) is 21.8. The number of allylic oxidation sites excluding steroid dienone is 4. The van der Waals surface area contributed by atoms with E-state index in [1.807, 2.05) is 12.1 Å². The number of furan rings is 1. The van der Waals surface area contributed by atoms with Crippen LogP contribution in [-0.2, 0) is 0 Å². The second-order valence-corrected chi connectivity index (χ2v) is 11.5. The normalized spacial score (nSPS) is 13.3. The van der Waals surface area contributed by atoms with Crippen LogP contribution in [0.2, 0.25) is 0 Å². The van der Waals surface area contributed by atoms with E-state index in [4.69, 9.17) is 9.40 Å². The van der Waals surface area contributed by atoms with Crippen molar-refractivity contribution in [3.05, 3.63) is 151 Å². The zero-order valence-corrected chi connectivity index (χ0v) is 24.1. The van der Waals surface area contributed by atoms with Crippen molar-refractivity contribution in [1.82, 2.24) is 9.55 Å². The van der Waals surface area contributed by atoms with Crippen LogP contribution in [-0.4, -0.2) is 9.55 Å². The summed E-state index contributed by atoms with van der Waals surface area (Å²) in [6.45, 7) is 0. The average molecular weight is 565 g/mol. The SMILES string of the molecule is C1=CC(c2cc(-c3ccccc3)nc(-n3c4ccccc4c4cc(-c5cccc6c5oc5ccccc56)ccc43)c2)=CCC1. The van der Waals surface area contributed by atoms with E-state index in [-0.39, 0.29) is 0 Å². The molecule has 9 rings (SSSR count). The Morgan fingerprint density at radius 3 is 2.25 bits per heavy atom. The molecule has 3 nitrogen and oxygen atoms in total. The maximum Gasteiger partial charge on any atom is 0.143 e. The molecule has 0 bridgehead atoms. The maximum atomic E-state index is 6.41. The summed E-state index contributed by atoms with van der Waals surface area (Å²) in [4.78, 5) is 5.28. The molecule has 0 saturated heterocycles. The standard InChI is InChI=1S/C41H28N2O/c1-3-12-27(13-4-1)30-25-36(28-14-5-2-6-15-28)42-40(26-30)43-37-20-9-7-16-32(37)35-24-29(22-23-38(35)43)31-18-11-19-34-33-17-8-10-21-39(33)44-41(31)34/h2-3,5-26H,1,4H2. The summed E-state index contributed by atoms with van der Waals surface area (Å²) in [6.07, 6.45) is 8.99. The topological polar surface area (TPSA) is 31.0 Å². The van der Waals surface area contributed by atoms with Gasteiger partial charge in [-0.25, -0.2) is 4.98 Å². The molecule has 44 heavy (non-hydrogen) atoms. The lowest BCUT2D eigenvalue weighted by molar-refractivity contribution is 0.670. The number of hydrogen-bond acceptors (Lipinski definition) is 2. The highest BCUT2D eigenvalue weighted by Gasteiger charge is 2.18. The van der Waals surface area contributed by atoms with Gasteiger partial charge in [0.25, 0.3) is 0 Å². The van der Waals surface area contributed by atoms with Gasteiger partial charge in [0, 0.05) is 32.7 Å². The smallest absolute Gasteiger partial charge is 0.143 e. The third-order valence-electron chi connectivity index (χ3n) is 8.83. The van der Waals surface area contributed by atoms with E-state index < -0.39 is 0 Å². The fourth-order valence-electron chi connectivity index (χ4n) is 6.74. The number of aromatic nitrogens is 2. The number of nitrogens with zero attached hydrogens (tertiary/aromatic N) is 2. The number of rotatable bonds is 4. The molecule has 1 aliphatic carbocycles. The van der Waals surface area contributed by atoms with Crippen molar-refractivity contribution < 1.29 is 4.42 Å². The van der Waals surface area contributed by atoms with Crippen molar-refractivity contribution in [1.29, 1.82) is 0 Å². The van der Waals surface area contributed by atoms with Crippen molar-refractivity contribution >= 4 is 49.3 Å². The molecule has 0 unspecified atom stereocenters. The molecule has 3 heterocycles. The summed E-state index contributed by atoms with van der Waals surface area (Å²) in [7, 11) is 0. The van der Waals surface area contributed by atoms with Crippen LogP contribution in [0, 0.1) is 0 Å². The highest BCUT2D eigenvalue weighted by atomic mass is 16.3. The minimum absolute atomic E-state index is 0.913. The summed E-state index contributed by atoms with van der Waals surface area (Å²) in [5, 5.41) is 4.68. The monoisotopic (exact) mass is 564 g/mol. The minimum atomic E-state index is 0.913. The van der Waals surface area contributed by atoms with Crippen LogP contribution >= 0.6 is 0 Å². The number of fused-ring (bicyclic) bond motifs is 6. The summed E-state index contributed by atoms with van der Waals surface area (Å²) in [5.41, 5.74) is 10.8. The first-order valence-corrected chi connectivity index (χ1v) is 15.2. The van der Waals surface area contributed by atoms with Crippen molar-refractivity contribution in [3.8, 4) is 28.2 Å². The van der Waals surface area contributed by atoms with Crippen molar-refractivity contribution in [3.63, 3.8) is 0 Å². The molecule has 1 aliphatic rings. The van der Waals surface area contributed by atoms with Crippen LogP contribution in [0.4, 0.5) is 0 Å². The number of para-hydroxylation sites is 3. The van der Waals surface area contributed by atoms with E-state index in [2.05, 4.69) is 138 Å². The molecule has 0 radical (unpaired) electrons. The summed E-state index contributed by atoms with van der Waals surface area (Å²) in [5.74, 6) is 0.916. The quantitative estimate of drug-likeness (QED) is 0.213. The van der Waals surface area contributed by atoms with Crippen LogP contribution in [0.25, 0.3) is 77.5 Å². The predicted octanol–water partition coefficient (Wildman–Crippen LogP) is 11.1. The number of pyridine rings is 1. The molecular formula is C41H28N2O. The van der Waals surface area contributed by atoms with Crippen LogP contribution < -0.4 is 0 Å². The second kappa shape index (κ2) is 9.96. The molecular weight excluding hydrogens is 536 g/mol. The van der Waals surface area contributed by atoms with Crippen molar-refractivity contribution in [2.24, 2.45) is 0 Å². The van der Waals surface area contributed by atoms with Gasteiger partial charge >= 0.3 is 0 Å². The van der Waals surface area contributed by atoms with E-state index in [1.165, 1.54) is 21.9 Å². The Kier molecular flexibility index (Phi) is 5.63. The fourth-order valence-corrected chi connectivity index (χ4v) is 6.74. The van der Waals surface area contributed by atoms with Crippen molar-refractivity contribution in [2.75, 3.05) is 0 Å². The molecule has 5 aromatic carbocycles. The zero-order valence-electron chi connectivity index (χ0n) is 24.1. The van der Waals surface area contributed by atoms with Gasteiger partial charge < -0.3 is 4.42 Å². The van der Waals surface area contributed by atoms with Gasteiger partial charge in [-0.05, 0) is 65.9 Å². The lowest BCUT2D eigenvalue weighted by Gasteiger charge is -2.14. The first kappa shape index (κ1) is 24.9.